The third-order valence-corrected chi connectivity index (χ3v) is 4.26. The molecule has 0 aliphatic carbocycles. The molecule has 6 heteroatoms. The van der Waals surface area contributed by atoms with Crippen LogP contribution in [-0.2, 0) is 16.1 Å². The molecule has 0 radical (unpaired) electrons. The zero-order valence-corrected chi connectivity index (χ0v) is 15.1. The molecule has 0 saturated heterocycles. The van der Waals surface area contributed by atoms with Gasteiger partial charge in [-0.3, -0.25) is 9.36 Å². The number of imidazole rings is 1. The molecule has 136 valence electrons. The van der Waals surface area contributed by atoms with Gasteiger partial charge in [-0.05, 0) is 24.6 Å². The van der Waals surface area contributed by atoms with Crippen LogP contribution in [0.15, 0.2) is 54.6 Å². The largest absolute Gasteiger partial charge is 0.383 e. The standard InChI is InChI=1S/C20H24N4O2/c1-15(19(25)21-12-13-26-2)24-18-11-7-6-10-17(18)23-20(24)22-14-16-8-4-3-5-9-16/h3-11,15H,12-14H2,1-2H3,(H,21,25)(H,22,23). The highest BCUT2D eigenvalue weighted by molar-refractivity contribution is 5.85. The molecule has 1 heterocycles. The Hall–Kier alpha value is -2.86. The number of carbonyl (C=O) groups is 1. The van der Waals surface area contributed by atoms with Gasteiger partial charge in [0.15, 0.2) is 0 Å². The van der Waals surface area contributed by atoms with Gasteiger partial charge in [-0.2, -0.15) is 0 Å². The Bertz CT molecular complexity index is 861. The van der Waals surface area contributed by atoms with Crippen LogP contribution in [0.1, 0.15) is 18.5 Å². The van der Waals surface area contributed by atoms with E-state index in [9.17, 15) is 4.79 Å². The van der Waals surface area contributed by atoms with Crippen LogP contribution in [0.5, 0.6) is 0 Å². The van der Waals surface area contributed by atoms with Gasteiger partial charge < -0.3 is 15.4 Å². The van der Waals surface area contributed by atoms with E-state index in [1.807, 2.05) is 54.0 Å². The maximum Gasteiger partial charge on any atom is 0.242 e. The van der Waals surface area contributed by atoms with Crippen molar-refractivity contribution in [2.24, 2.45) is 0 Å². The smallest absolute Gasteiger partial charge is 0.242 e. The van der Waals surface area contributed by atoms with E-state index in [1.54, 1.807) is 7.11 Å². The van der Waals surface area contributed by atoms with Crippen molar-refractivity contribution in [2.75, 3.05) is 25.6 Å². The SMILES string of the molecule is COCCNC(=O)C(C)n1c(NCc2ccccc2)nc2ccccc21. The zero-order valence-electron chi connectivity index (χ0n) is 15.1. The number of nitrogens with one attached hydrogen (secondary N) is 2. The van der Waals surface area contributed by atoms with Gasteiger partial charge in [-0.1, -0.05) is 42.5 Å². The fraction of sp³-hybridized carbons (Fsp3) is 0.300. The van der Waals surface area contributed by atoms with Crippen LogP contribution in [0, 0.1) is 0 Å². The quantitative estimate of drug-likeness (QED) is 0.612. The Balaban J connectivity index is 1.85. The first-order valence-electron chi connectivity index (χ1n) is 8.72. The van der Waals surface area contributed by atoms with Crippen molar-refractivity contribution >= 4 is 22.9 Å². The van der Waals surface area contributed by atoms with Gasteiger partial charge in [-0.15, -0.1) is 0 Å². The van der Waals surface area contributed by atoms with Crippen LogP contribution in [-0.4, -0.2) is 35.7 Å². The number of nitrogens with zero attached hydrogens (tertiary/aromatic N) is 2. The molecule has 0 bridgehead atoms. The van der Waals surface area contributed by atoms with Crippen LogP contribution < -0.4 is 10.6 Å². The van der Waals surface area contributed by atoms with E-state index >= 15 is 0 Å². The molecule has 0 aliphatic rings. The van der Waals surface area contributed by atoms with Crippen molar-refractivity contribution in [3.8, 4) is 0 Å². The molecule has 0 aliphatic heterocycles. The first-order chi connectivity index (χ1) is 12.7. The van der Waals surface area contributed by atoms with Crippen LogP contribution in [0.4, 0.5) is 5.95 Å². The lowest BCUT2D eigenvalue weighted by Crippen LogP contribution is -2.33. The molecule has 1 atom stereocenters. The van der Waals surface area contributed by atoms with Gasteiger partial charge in [0, 0.05) is 20.2 Å². The first-order valence-corrected chi connectivity index (χ1v) is 8.72. The molecule has 1 amide bonds. The van der Waals surface area contributed by atoms with Crippen molar-refractivity contribution < 1.29 is 9.53 Å². The molecular weight excluding hydrogens is 328 g/mol. The Morgan fingerprint density at radius 3 is 2.65 bits per heavy atom. The molecule has 3 aromatic rings. The second kappa shape index (κ2) is 8.49. The van der Waals surface area contributed by atoms with Gasteiger partial charge >= 0.3 is 0 Å². The summed E-state index contributed by atoms with van der Waals surface area (Å²) in [7, 11) is 1.62. The van der Waals surface area contributed by atoms with E-state index in [4.69, 9.17) is 4.74 Å². The summed E-state index contributed by atoms with van der Waals surface area (Å²) < 4.78 is 6.94. The minimum atomic E-state index is -0.391. The Morgan fingerprint density at radius 1 is 1.15 bits per heavy atom. The molecule has 0 spiro atoms. The number of ether oxygens (including phenoxy) is 1. The number of para-hydroxylation sites is 2. The number of aromatic nitrogens is 2. The van der Waals surface area contributed by atoms with Gasteiger partial charge in [0.25, 0.3) is 0 Å². The number of rotatable bonds is 8. The second-order valence-corrected chi connectivity index (χ2v) is 6.09. The molecule has 2 aromatic carbocycles. The minimum Gasteiger partial charge on any atom is -0.383 e. The van der Waals surface area contributed by atoms with Crippen LogP contribution in [0.25, 0.3) is 11.0 Å². The Morgan fingerprint density at radius 2 is 1.88 bits per heavy atom. The summed E-state index contributed by atoms with van der Waals surface area (Å²) in [5.74, 6) is 0.623. The van der Waals surface area contributed by atoms with Gasteiger partial charge in [0.1, 0.15) is 6.04 Å². The number of carbonyl (C=O) groups excluding carboxylic acids is 1. The number of amides is 1. The molecule has 6 nitrogen and oxygen atoms in total. The summed E-state index contributed by atoms with van der Waals surface area (Å²) in [4.78, 5) is 17.2. The summed E-state index contributed by atoms with van der Waals surface area (Å²) >= 11 is 0. The molecule has 3 rings (SSSR count). The number of hydrogen-bond donors (Lipinski definition) is 2. The highest BCUT2D eigenvalue weighted by atomic mass is 16.5. The summed E-state index contributed by atoms with van der Waals surface area (Å²) in [6.07, 6.45) is 0. The number of fused-ring (bicyclic) bond motifs is 1. The van der Waals surface area contributed by atoms with Crippen molar-refractivity contribution in [2.45, 2.75) is 19.5 Å². The maximum atomic E-state index is 12.5. The summed E-state index contributed by atoms with van der Waals surface area (Å²) in [5.41, 5.74) is 2.94. The van der Waals surface area contributed by atoms with Crippen molar-refractivity contribution in [1.82, 2.24) is 14.9 Å². The van der Waals surface area contributed by atoms with Crippen LogP contribution in [0.3, 0.4) is 0 Å². The van der Waals surface area contributed by atoms with E-state index in [0.717, 1.165) is 16.6 Å². The number of benzene rings is 2. The van der Waals surface area contributed by atoms with Gasteiger partial charge in [0.2, 0.25) is 11.9 Å². The molecule has 0 fully saturated rings. The lowest BCUT2D eigenvalue weighted by atomic mass is 10.2. The summed E-state index contributed by atoms with van der Waals surface area (Å²) in [6.45, 7) is 3.49. The summed E-state index contributed by atoms with van der Waals surface area (Å²) in [5, 5.41) is 6.27. The highest BCUT2D eigenvalue weighted by Gasteiger charge is 2.21. The summed E-state index contributed by atoms with van der Waals surface area (Å²) in [6, 6.07) is 17.6. The fourth-order valence-corrected chi connectivity index (χ4v) is 2.88. The maximum absolute atomic E-state index is 12.5. The molecule has 1 unspecified atom stereocenters. The molecule has 1 aromatic heterocycles. The normalized spacial score (nSPS) is 12.1. The fourth-order valence-electron chi connectivity index (χ4n) is 2.88. The highest BCUT2D eigenvalue weighted by Crippen LogP contribution is 2.25. The first kappa shape index (κ1) is 17.9. The predicted octanol–water partition coefficient (Wildman–Crippen LogP) is 2.97. The zero-order chi connectivity index (χ0) is 18.4. The minimum absolute atomic E-state index is 0.0621. The Kier molecular flexibility index (Phi) is 5.86. The second-order valence-electron chi connectivity index (χ2n) is 6.09. The van der Waals surface area contributed by atoms with E-state index in [0.29, 0.717) is 25.6 Å². The monoisotopic (exact) mass is 352 g/mol. The van der Waals surface area contributed by atoms with Crippen LogP contribution in [0.2, 0.25) is 0 Å². The van der Waals surface area contributed by atoms with Crippen molar-refractivity contribution in [3.05, 3.63) is 60.2 Å². The molecular formula is C20H24N4O2. The van der Waals surface area contributed by atoms with Crippen molar-refractivity contribution in [1.29, 1.82) is 0 Å². The lowest BCUT2D eigenvalue weighted by Gasteiger charge is -2.18. The van der Waals surface area contributed by atoms with Gasteiger partial charge in [0.05, 0.1) is 17.6 Å². The number of hydrogen-bond acceptors (Lipinski definition) is 4. The average molecular weight is 352 g/mol. The van der Waals surface area contributed by atoms with E-state index in [2.05, 4.69) is 27.8 Å². The predicted molar refractivity (Wildman–Crippen MR) is 103 cm³/mol. The van der Waals surface area contributed by atoms with Crippen LogP contribution >= 0.6 is 0 Å². The topological polar surface area (TPSA) is 68.2 Å². The third-order valence-electron chi connectivity index (χ3n) is 4.26. The molecule has 2 N–H and O–H groups in total. The van der Waals surface area contributed by atoms with E-state index in [-0.39, 0.29) is 5.91 Å². The number of methoxy groups -OCH3 is 1. The number of anilines is 1. The molecule has 26 heavy (non-hydrogen) atoms. The van der Waals surface area contributed by atoms with E-state index in [1.165, 1.54) is 0 Å². The Labute approximate surface area is 153 Å². The average Bonchev–Trinajstić information content (AvgIpc) is 3.05. The lowest BCUT2D eigenvalue weighted by molar-refractivity contribution is -0.123. The molecule has 0 saturated carbocycles. The van der Waals surface area contributed by atoms with Crippen molar-refractivity contribution in [3.63, 3.8) is 0 Å². The van der Waals surface area contributed by atoms with E-state index < -0.39 is 6.04 Å². The third kappa shape index (κ3) is 4.03. The van der Waals surface area contributed by atoms with Gasteiger partial charge in [-0.25, -0.2) is 4.98 Å².